The number of aryl methyl sites for hydroxylation is 1. The quantitative estimate of drug-likeness (QED) is 0.777. The lowest BCUT2D eigenvalue weighted by Crippen LogP contribution is -2.52. The maximum atomic E-state index is 13.1. The summed E-state index contributed by atoms with van der Waals surface area (Å²) in [5.74, 6) is -1.71. The zero-order valence-corrected chi connectivity index (χ0v) is 13.8. The van der Waals surface area contributed by atoms with Gasteiger partial charge in [0.25, 0.3) is 0 Å². The predicted octanol–water partition coefficient (Wildman–Crippen LogP) is 0.866. The second kappa shape index (κ2) is 6.98. The number of aromatic nitrogens is 5. The summed E-state index contributed by atoms with van der Waals surface area (Å²) in [4.78, 5) is 22.3. The number of carbonyl (C=O) groups is 1. The van der Waals surface area contributed by atoms with Crippen molar-refractivity contribution in [2.45, 2.75) is 43.6 Å². The maximum absolute atomic E-state index is 13.1. The van der Waals surface area contributed by atoms with E-state index in [1.807, 2.05) is 0 Å². The molecule has 0 bridgehead atoms. The van der Waals surface area contributed by atoms with Crippen LogP contribution in [0, 0.1) is 0 Å². The van der Waals surface area contributed by atoms with Gasteiger partial charge < -0.3 is 10.6 Å². The molecule has 1 fully saturated rings. The molecule has 1 atom stereocenters. The Labute approximate surface area is 147 Å². The number of rotatable bonds is 7. The van der Waals surface area contributed by atoms with Crippen LogP contribution in [0.1, 0.15) is 25.1 Å². The Balaban J connectivity index is 1.77. The molecule has 2 heterocycles. The van der Waals surface area contributed by atoms with Crippen molar-refractivity contribution in [2.75, 3.05) is 6.54 Å². The van der Waals surface area contributed by atoms with Crippen LogP contribution >= 0.6 is 0 Å². The Bertz CT molecular complexity index is 731. The molecule has 2 N–H and O–H groups in total. The Morgan fingerprint density at radius 1 is 1.23 bits per heavy atom. The van der Waals surface area contributed by atoms with Gasteiger partial charge in [0.1, 0.15) is 5.54 Å². The smallest absolute Gasteiger partial charge is 0.326 e. The van der Waals surface area contributed by atoms with Gasteiger partial charge >= 0.3 is 12.1 Å². The summed E-state index contributed by atoms with van der Waals surface area (Å²) in [5.41, 5.74) is 4.86. The molecule has 1 aliphatic carbocycles. The van der Waals surface area contributed by atoms with Crippen LogP contribution in [0.15, 0.2) is 30.9 Å². The van der Waals surface area contributed by atoms with Crippen LogP contribution < -0.4 is 5.73 Å². The molecule has 0 aromatic carbocycles. The first kappa shape index (κ1) is 18.2. The highest BCUT2D eigenvalue weighted by Crippen LogP contribution is 2.50. The van der Waals surface area contributed by atoms with E-state index < -0.39 is 23.7 Å². The first-order valence-electron chi connectivity index (χ1n) is 8.09. The number of nitrogens with two attached hydrogens (primary N) is 1. The van der Waals surface area contributed by atoms with Crippen LogP contribution in [0.4, 0.5) is 13.2 Å². The SMILES string of the molecule is NC(CCn1nccn1)CN(C(=O)C(F)(F)F)C1(c2ncccn2)CC1. The van der Waals surface area contributed by atoms with E-state index in [9.17, 15) is 18.0 Å². The monoisotopic (exact) mass is 369 g/mol. The molecular formula is C15H18F3N7O. The minimum absolute atomic E-state index is 0.207. The summed E-state index contributed by atoms with van der Waals surface area (Å²) >= 11 is 0. The van der Waals surface area contributed by atoms with Gasteiger partial charge in [0.2, 0.25) is 0 Å². The van der Waals surface area contributed by atoms with Crippen molar-refractivity contribution in [3.05, 3.63) is 36.7 Å². The fourth-order valence-electron chi connectivity index (χ4n) is 2.84. The van der Waals surface area contributed by atoms with Gasteiger partial charge in [-0.2, -0.15) is 28.2 Å². The van der Waals surface area contributed by atoms with Crippen molar-refractivity contribution >= 4 is 5.91 Å². The molecule has 1 saturated carbocycles. The molecule has 1 amide bonds. The molecular weight excluding hydrogens is 351 g/mol. The molecule has 0 radical (unpaired) electrons. The lowest BCUT2D eigenvalue weighted by molar-refractivity contribution is -0.189. The average molecular weight is 369 g/mol. The van der Waals surface area contributed by atoms with Crippen molar-refractivity contribution in [3.63, 3.8) is 0 Å². The van der Waals surface area contributed by atoms with E-state index in [2.05, 4.69) is 20.2 Å². The Morgan fingerprint density at radius 2 is 1.85 bits per heavy atom. The summed E-state index contributed by atoms with van der Waals surface area (Å²) < 4.78 is 39.4. The van der Waals surface area contributed by atoms with E-state index in [1.54, 1.807) is 6.07 Å². The summed E-state index contributed by atoms with van der Waals surface area (Å²) in [6, 6.07) is 0.895. The third-order valence-electron chi connectivity index (χ3n) is 4.29. The normalized spacial score (nSPS) is 16.9. The Morgan fingerprint density at radius 3 is 2.38 bits per heavy atom. The molecule has 1 aliphatic rings. The number of amides is 1. The van der Waals surface area contributed by atoms with E-state index in [0.717, 1.165) is 4.90 Å². The van der Waals surface area contributed by atoms with Gasteiger partial charge in [-0.05, 0) is 25.3 Å². The zero-order chi connectivity index (χ0) is 18.8. The lowest BCUT2D eigenvalue weighted by Gasteiger charge is -2.33. The van der Waals surface area contributed by atoms with Crippen molar-refractivity contribution < 1.29 is 18.0 Å². The molecule has 1 unspecified atom stereocenters. The minimum atomic E-state index is -4.99. The van der Waals surface area contributed by atoms with Crippen LogP contribution in [-0.4, -0.2) is 54.5 Å². The van der Waals surface area contributed by atoms with Gasteiger partial charge in [-0.25, -0.2) is 9.97 Å². The first-order chi connectivity index (χ1) is 12.3. The van der Waals surface area contributed by atoms with Crippen LogP contribution in [0.25, 0.3) is 0 Å². The van der Waals surface area contributed by atoms with Gasteiger partial charge in [0, 0.05) is 25.0 Å². The number of hydrogen-bond acceptors (Lipinski definition) is 6. The van der Waals surface area contributed by atoms with Gasteiger partial charge in [-0.15, -0.1) is 0 Å². The standard InChI is InChI=1S/C15H18F3N7O/c16-15(17,18)13(26)24(10-11(19)2-9-25-22-7-8-23-25)14(3-4-14)12-20-5-1-6-21-12/h1,5-8,11H,2-4,9-10,19H2. The third-order valence-corrected chi connectivity index (χ3v) is 4.29. The molecule has 11 heteroatoms. The van der Waals surface area contributed by atoms with Crippen molar-refractivity contribution in [3.8, 4) is 0 Å². The van der Waals surface area contributed by atoms with Gasteiger partial charge in [-0.3, -0.25) is 4.79 Å². The van der Waals surface area contributed by atoms with Gasteiger partial charge in [0.15, 0.2) is 5.82 Å². The maximum Gasteiger partial charge on any atom is 0.471 e. The van der Waals surface area contributed by atoms with Crippen LogP contribution in [0.3, 0.4) is 0 Å². The fourth-order valence-corrected chi connectivity index (χ4v) is 2.84. The van der Waals surface area contributed by atoms with E-state index in [4.69, 9.17) is 5.73 Å². The molecule has 26 heavy (non-hydrogen) atoms. The van der Waals surface area contributed by atoms with Crippen LogP contribution in [0.2, 0.25) is 0 Å². The number of carbonyl (C=O) groups excluding carboxylic acids is 1. The average Bonchev–Trinajstić information content (AvgIpc) is 3.25. The highest BCUT2D eigenvalue weighted by Gasteiger charge is 2.58. The predicted molar refractivity (Wildman–Crippen MR) is 83.3 cm³/mol. The van der Waals surface area contributed by atoms with Crippen molar-refractivity contribution in [1.82, 2.24) is 29.9 Å². The van der Waals surface area contributed by atoms with Crippen molar-refractivity contribution in [1.29, 1.82) is 0 Å². The largest absolute Gasteiger partial charge is 0.471 e. The minimum Gasteiger partial charge on any atom is -0.326 e. The van der Waals surface area contributed by atoms with Crippen molar-refractivity contribution in [2.24, 2.45) is 5.73 Å². The molecule has 140 valence electrons. The highest BCUT2D eigenvalue weighted by atomic mass is 19.4. The summed E-state index contributed by atoms with van der Waals surface area (Å²) in [7, 11) is 0. The highest BCUT2D eigenvalue weighted by molar-refractivity contribution is 5.83. The zero-order valence-electron chi connectivity index (χ0n) is 13.8. The van der Waals surface area contributed by atoms with E-state index >= 15 is 0 Å². The number of nitrogens with zero attached hydrogens (tertiary/aromatic N) is 6. The van der Waals surface area contributed by atoms with Gasteiger partial charge in [0.05, 0.1) is 18.9 Å². The summed E-state index contributed by atoms with van der Waals surface area (Å²) in [6.45, 7) is 0.0922. The second-order valence-electron chi connectivity index (χ2n) is 6.19. The third kappa shape index (κ3) is 3.82. The van der Waals surface area contributed by atoms with Gasteiger partial charge in [-0.1, -0.05) is 0 Å². The molecule has 2 aromatic rings. The molecule has 2 aromatic heterocycles. The van der Waals surface area contributed by atoms with Crippen LogP contribution in [0.5, 0.6) is 0 Å². The van der Waals surface area contributed by atoms with Crippen LogP contribution in [-0.2, 0) is 16.9 Å². The van der Waals surface area contributed by atoms with E-state index in [0.29, 0.717) is 25.8 Å². The molecule has 3 rings (SSSR count). The molecule has 0 saturated heterocycles. The Hall–Kier alpha value is -2.56. The molecule has 0 spiro atoms. The summed E-state index contributed by atoms with van der Waals surface area (Å²) in [5, 5.41) is 7.84. The van der Waals surface area contributed by atoms with E-state index in [1.165, 1.54) is 29.6 Å². The number of alkyl halides is 3. The number of halogens is 3. The topological polar surface area (TPSA) is 103 Å². The number of hydrogen-bond donors (Lipinski definition) is 1. The first-order valence-corrected chi connectivity index (χ1v) is 8.09. The summed E-state index contributed by atoms with van der Waals surface area (Å²) in [6.07, 6.45) is 1.95. The fraction of sp³-hybridized carbons (Fsp3) is 0.533. The van der Waals surface area contributed by atoms with E-state index in [-0.39, 0.29) is 12.4 Å². The second-order valence-corrected chi connectivity index (χ2v) is 6.19. The molecule has 0 aliphatic heterocycles. The molecule has 8 nitrogen and oxygen atoms in total. The Kier molecular flexibility index (Phi) is 4.90. The lowest BCUT2D eigenvalue weighted by atomic mass is 10.1.